The van der Waals surface area contributed by atoms with Crippen molar-refractivity contribution in [2.45, 2.75) is 6.92 Å². The summed E-state index contributed by atoms with van der Waals surface area (Å²) in [6.07, 6.45) is 2.24. The number of carboxylic acids is 1. The van der Waals surface area contributed by atoms with Gasteiger partial charge < -0.3 is 14.6 Å². The molecule has 1 rings (SSSR count). The van der Waals surface area contributed by atoms with Crippen molar-refractivity contribution in [2.75, 3.05) is 7.11 Å². The van der Waals surface area contributed by atoms with Crippen LogP contribution in [0.25, 0.3) is 6.08 Å². The first-order valence-corrected chi connectivity index (χ1v) is 5.29. The monoisotopic (exact) mass is 270 g/mol. The fourth-order valence-electron chi connectivity index (χ4n) is 1.24. The fraction of sp³-hybridized carbons (Fsp3) is 0.167. The van der Waals surface area contributed by atoms with Gasteiger partial charge in [0.1, 0.15) is 0 Å². The third kappa shape index (κ3) is 3.49. The molecule has 0 amide bonds. The first-order valence-electron chi connectivity index (χ1n) is 4.91. The summed E-state index contributed by atoms with van der Waals surface area (Å²) in [7, 11) is 1.41. The first kappa shape index (κ1) is 14.1. The van der Waals surface area contributed by atoms with Crippen LogP contribution in [-0.4, -0.2) is 24.2 Å². The molecule has 0 saturated heterocycles. The standard InChI is InChI=1S/C12H11ClO5/c1-7(14)18-12-9(17-2)5-3-8(11(12)13)4-6-10(15)16/h3-6H,1-2H3,(H,15,16)/b6-4+. The minimum absolute atomic E-state index is 0.0687. The molecule has 5 nitrogen and oxygen atoms in total. The van der Waals surface area contributed by atoms with Gasteiger partial charge in [-0.3, -0.25) is 4.79 Å². The average molecular weight is 271 g/mol. The average Bonchev–Trinajstić information content (AvgIpc) is 2.29. The molecule has 0 aliphatic heterocycles. The number of benzene rings is 1. The molecule has 0 spiro atoms. The largest absolute Gasteiger partial charge is 0.493 e. The lowest BCUT2D eigenvalue weighted by atomic mass is 10.2. The van der Waals surface area contributed by atoms with Gasteiger partial charge in [-0.25, -0.2) is 4.79 Å². The van der Waals surface area contributed by atoms with Crippen molar-refractivity contribution in [1.82, 2.24) is 0 Å². The second-order valence-corrected chi connectivity index (χ2v) is 3.64. The molecular weight excluding hydrogens is 260 g/mol. The molecule has 1 aromatic carbocycles. The van der Waals surface area contributed by atoms with Gasteiger partial charge in [0.05, 0.1) is 12.1 Å². The number of aliphatic carboxylic acids is 1. The van der Waals surface area contributed by atoms with Crippen molar-refractivity contribution in [3.8, 4) is 11.5 Å². The molecule has 0 aliphatic carbocycles. The van der Waals surface area contributed by atoms with Crippen LogP contribution in [0.4, 0.5) is 0 Å². The van der Waals surface area contributed by atoms with E-state index in [0.717, 1.165) is 6.08 Å². The summed E-state index contributed by atoms with van der Waals surface area (Å²) in [4.78, 5) is 21.4. The quantitative estimate of drug-likeness (QED) is 0.517. The maximum Gasteiger partial charge on any atom is 0.328 e. The lowest BCUT2D eigenvalue weighted by molar-refractivity contribution is -0.132. The molecule has 1 aromatic rings. The highest BCUT2D eigenvalue weighted by Crippen LogP contribution is 2.38. The summed E-state index contributed by atoms with van der Waals surface area (Å²) in [6.45, 7) is 1.23. The van der Waals surface area contributed by atoms with Crippen LogP contribution in [-0.2, 0) is 9.59 Å². The number of hydrogen-bond acceptors (Lipinski definition) is 4. The normalized spacial score (nSPS) is 10.4. The minimum Gasteiger partial charge on any atom is -0.493 e. The van der Waals surface area contributed by atoms with E-state index in [1.54, 1.807) is 6.07 Å². The summed E-state index contributed by atoms with van der Waals surface area (Å²) >= 11 is 6.02. The van der Waals surface area contributed by atoms with Gasteiger partial charge in [0.15, 0.2) is 11.5 Å². The lowest BCUT2D eigenvalue weighted by Crippen LogP contribution is -2.04. The molecule has 6 heteroatoms. The lowest BCUT2D eigenvalue weighted by Gasteiger charge is -2.11. The number of carbonyl (C=O) groups excluding carboxylic acids is 1. The predicted molar refractivity (Wildman–Crippen MR) is 66.0 cm³/mol. The predicted octanol–water partition coefficient (Wildman–Crippen LogP) is 2.37. The van der Waals surface area contributed by atoms with E-state index in [2.05, 4.69) is 0 Å². The molecule has 1 N–H and O–H groups in total. The summed E-state index contributed by atoms with van der Waals surface area (Å²) in [5.41, 5.74) is 0.413. The summed E-state index contributed by atoms with van der Waals surface area (Å²) < 4.78 is 9.94. The topological polar surface area (TPSA) is 72.8 Å². The Labute approximate surface area is 109 Å². The first-order chi connectivity index (χ1) is 8.45. The van der Waals surface area contributed by atoms with Gasteiger partial charge in [-0.15, -0.1) is 0 Å². The maximum absolute atomic E-state index is 11.0. The number of carboxylic acid groups (broad SMARTS) is 1. The van der Waals surface area contributed by atoms with Gasteiger partial charge >= 0.3 is 11.9 Å². The number of carbonyl (C=O) groups is 2. The van der Waals surface area contributed by atoms with Crippen molar-refractivity contribution in [3.05, 3.63) is 28.8 Å². The van der Waals surface area contributed by atoms with Crippen LogP contribution in [0.15, 0.2) is 18.2 Å². The Hall–Kier alpha value is -2.01. The summed E-state index contributed by atoms with van der Waals surface area (Å²) in [5, 5.41) is 8.65. The van der Waals surface area contributed by atoms with Crippen molar-refractivity contribution >= 4 is 29.6 Å². The Bertz CT molecular complexity index is 507. The third-order valence-electron chi connectivity index (χ3n) is 1.96. The smallest absolute Gasteiger partial charge is 0.328 e. The van der Waals surface area contributed by atoms with Gasteiger partial charge in [-0.2, -0.15) is 0 Å². The van der Waals surface area contributed by atoms with Crippen LogP contribution in [0.2, 0.25) is 5.02 Å². The summed E-state index contributed by atoms with van der Waals surface area (Å²) in [6, 6.07) is 3.10. The fourth-order valence-corrected chi connectivity index (χ4v) is 1.50. The van der Waals surface area contributed by atoms with Crippen LogP contribution >= 0.6 is 11.6 Å². The van der Waals surface area contributed by atoms with E-state index in [-0.39, 0.29) is 10.8 Å². The van der Waals surface area contributed by atoms with Crippen molar-refractivity contribution in [1.29, 1.82) is 0 Å². The van der Waals surface area contributed by atoms with E-state index >= 15 is 0 Å². The van der Waals surface area contributed by atoms with Gasteiger partial charge in [0, 0.05) is 13.0 Å². The van der Waals surface area contributed by atoms with Crippen LogP contribution < -0.4 is 9.47 Å². The highest BCUT2D eigenvalue weighted by atomic mass is 35.5. The molecule has 0 unspecified atom stereocenters. The number of rotatable bonds is 4. The van der Waals surface area contributed by atoms with Crippen molar-refractivity contribution < 1.29 is 24.2 Å². The highest BCUT2D eigenvalue weighted by molar-refractivity contribution is 6.34. The number of methoxy groups -OCH3 is 1. The molecule has 0 bridgehead atoms. The number of hydrogen-bond donors (Lipinski definition) is 1. The Balaban J connectivity index is 3.24. The third-order valence-corrected chi connectivity index (χ3v) is 2.35. The minimum atomic E-state index is -1.10. The molecule has 0 aliphatic rings. The molecular formula is C12H11ClO5. The van der Waals surface area contributed by atoms with Gasteiger partial charge in [0.25, 0.3) is 0 Å². The second kappa shape index (κ2) is 6.07. The Morgan fingerprint density at radius 2 is 2.06 bits per heavy atom. The van der Waals surface area contributed by atoms with Crippen molar-refractivity contribution in [3.63, 3.8) is 0 Å². The van der Waals surface area contributed by atoms with E-state index in [9.17, 15) is 9.59 Å². The van der Waals surface area contributed by atoms with Crippen molar-refractivity contribution in [2.24, 2.45) is 0 Å². The Morgan fingerprint density at radius 1 is 1.39 bits per heavy atom. The molecule has 0 heterocycles. The number of halogens is 1. The van der Waals surface area contributed by atoms with Gasteiger partial charge in [-0.1, -0.05) is 11.6 Å². The maximum atomic E-state index is 11.0. The second-order valence-electron chi connectivity index (χ2n) is 3.27. The number of ether oxygens (including phenoxy) is 2. The molecule has 0 saturated carbocycles. The highest BCUT2D eigenvalue weighted by Gasteiger charge is 2.14. The van der Waals surface area contributed by atoms with E-state index in [1.807, 2.05) is 0 Å². The van der Waals surface area contributed by atoms with E-state index < -0.39 is 11.9 Å². The number of esters is 1. The zero-order valence-electron chi connectivity index (χ0n) is 9.77. The molecule has 0 atom stereocenters. The van der Waals surface area contributed by atoms with Crippen LogP contribution in [0, 0.1) is 0 Å². The van der Waals surface area contributed by atoms with Gasteiger partial charge in [0.2, 0.25) is 0 Å². The van der Waals surface area contributed by atoms with E-state index in [4.69, 9.17) is 26.2 Å². The zero-order valence-corrected chi connectivity index (χ0v) is 10.5. The zero-order chi connectivity index (χ0) is 13.7. The molecule has 0 aromatic heterocycles. The van der Waals surface area contributed by atoms with Crippen LogP contribution in [0.1, 0.15) is 12.5 Å². The van der Waals surface area contributed by atoms with E-state index in [0.29, 0.717) is 11.3 Å². The van der Waals surface area contributed by atoms with E-state index in [1.165, 1.54) is 26.2 Å². The van der Waals surface area contributed by atoms with Gasteiger partial charge in [-0.05, 0) is 23.8 Å². The Kier molecular flexibility index (Phi) is 4.74. The molecule has 96 valence electrons. The summed E-state index contributed by atoms with van der Waals surface area (Å²) in [5.74, 6) is -1.28. The SMILES string of the molecule is COc1ccc(/C=C/C(=O)O)c(Cl)c1OC(C)=O. The molecule has 18 heavy (non-hydrogen) atoms. The molecule has 0 radical (unpaired) electrons. The van der Waals surface area contributed by atoms with Crippen LogP contribution in [0.5, 0.6) is 11.5 Å². The van der Waals surface area contributed by atoms with Crippen LogP contribution in [0.3, 0.4) is 0 Å². The Morgan fingerprint density at radius 3 is 2.56 bits per heavy atom. The molecule has 0 fully saturated rings.